The van der Waals surface area contributed by atoms with Gasteiger partial charge in [0, 0.05) is 11.0 Å². The molecule has 1 fully saturated rings. The molecule has 1 aromatic rings. The quantitative estimate of drug-likeness (QED) is 0.565. The van der Waals surface area contributed by atoms with Crippen LogP contribution in [0.1, 0.15) is 45.4 Å². The van der Waals surface area contributed by atoms with E-state index in [1.807, 2.05) is 30.3 Å². The zero-order valence-corrected chi connectivity index (χ0v) is 12.1. The van der Waals surface area contributed by atoms with E-state index in [0.29, 0.717) is 6.61 Å². The van der Waals surface area contributed by atoms with E-state index in [4.69, 9.17) is 4.52 Å². The second-order valence-corrected chi connectivity index (χ2v) is 7.76. The largest absolute Gasteiger partial charge is 0.325 e. The zero-order chi connectivity index (χ0) is 12.8. The molecule has 0 amide bonds. The van der Waals surface area contributed by atoms with Gasteiger partial charge >= 0.3 is 0 Å². The zero-order valence-electron chi connectivity index (χ0n) is 11.2. The van der Waals surface area contributed by atoms with E-state index in [9.17, 15) is 4.57 Å². The Morgan fingerprint density at radius 2 is 1.89 bits per heavy atom. The summed E-state index contributed by atoms with van der Waals surface area (Å²) in [4.78, 5) is 0. The van der Waals surface area contributed by atoms with Crippen molar-refractivity contribution in [1.82, 2.24) is 0 Å². The number of hydrogen-bond donors (Lipinski definition) is 0. The Kier molecular flexibility index (Phi) is 5.03. The minimum Gasteiger partial charge on any atom is -0.325 e. The highest BCUT2D eigenvalue weighted by molar-refractivity contribution is 7.67. The van der Waals surface area contributed by atoms with Crippen LogP contribution < -0.4 is 5.30 Å². The van der Waals surface area contributed by atoms with Crippen LogP contribution in [0.3, 0.4) is 0 Å². The molecule has 2 nitrogen and oxygen atoms in total. The molecule has 0 heterocycles. The molecule has 1 aromatic carbocycles. The summed E-state index contributed by atoms with van der Waals surface area (Å²) in [5, 5.41) is 0.910. The summed E-state index contributed by atoms with van der Waals surface area (Å²) in [6, 6.07) is 9.81. The Balaban J connectivity index is 2.19. The Morgan fingerprint density at radius 1 is 1.22 bits per heavy atom. The molecule has 1 unspecified atom stereocenters. The first-order chi connectivity index (χ1) is 8.77. The van der Waals surface area contributed by atoms with Crippen molar-refractivity contribution in [2.24, 2.45) is 0 Å². The SMILES string of the molecule is CCCCOP(=O)(c1ccccc1)C1CCCC1. The predicted molar refractivity (Wildman–Crippen MR) is 76.8 cm³/mol. The van der Waals surface area contributed by atoms with Crippen molar-refractivity contribution in [2.75, 3.05) is 6.61 Å². The van der Waals surface area contributed by atoms with Crippen LogP contribution in [0.4, 0.5) is 0 Å². The molecule has 0 aliphatic heterocycles. The lowest BCUT2D eigenvalue weighted by Gasteiger charge is -2.24. The topological polar surface area (TPSA) is 26.3 Å². The average molecular weight is 266 g/mol. The maximum absolute atomic E-state index is 13.3. The Bertz CT molecular complexity index is 396. The van der Waals surface area contributed by atoms with Crippen LogP contribution in [-0.4, -0.2) is 12.3 Å². The van der Waals surface area contributed by atoms with Gasteiger partial charge < -0.3 is 4.52 Å². The van der Waals surface area contributed by atoms with Gasteiger partial charge in [-0.25, -0.2) is 0 Å². The number of benzene rings is 1. The van der Waals surface area contributed by atoms with Crippen LogP contribution in [0.2, 0.25) is 0 Å². The van der Waals surface area contributed by atoms with Crippen LogP contribution in [0, 0.1) is 0 Å². The highest BCUT2D eigenvalue weighted by Crippen LogP contribution is 2.56. The summed E-state index contributed by atoms with van der Waals surface area (Å²) in [5.41, 5.74) is 0.247. The normalized spacial score (nSPS) is 19.8. The highest BCUT2D eigenvalue weighted by atomic mass is 31.2. The minimum absolute atomic E-state index is 0.247. The van der Waals surface area contributed by atoms with Gasteiger partial charge in [-0.05, 0) is 31.4 Å². The third kappa shape index (κ3) is 3.05. The molecule has 0 spiro atoms. The Hall–Kier alpha value is -0.590. The van der Waals surface area contributed by atoms with E-state index in [-0.39, 0.29) is 5.66 Å². The minimum atomic E-state index is -2.65. The fourth-order valence-corrected chi connectivity index (χ4v) is 5.43. The standard InChI is InChI=1S/C15H23O2P/c1-2-3-13-17-18(16,15-11-7-8-12-15)14-9-5-4-6-10-14/h4-6,9-10,15H,2-3,7-8,11-13H2,1H3. The van der Waals surface area contributed by atoms with Crippen molar-refractivity contribution in [3.8, 4) is 0 Å². The number of rotatable bonds is 6. The van der Waals surface area contributed by atoms with Crippen LogP contribution in [0.5, 0.6) is 0 Å². The first-order valence-electron chi connectivity index (χ1n) is 7.07. The molecule has 0 N–H and O–H groups in total. The molecule has 18 heavy (non-hydrogen) atoms. The van der Waals surface area contributed by atoms with Crippen LogP contribution in [0.25, 0.3) is 0 Å². The summed E-state index contributed by atoms with van der Waals surface area (Å²) in [6.45, 7) is 2.76. The van der Waals surface area contributed by atoms with E-state index in [2.05, 4.69) is 6.92 Å². The molecule has 1 saturated carbocycles. The van der Waals surface area contributed by atoms with Crippen molar-refractivity contribution in [1.29, 1.82) is 0 Å². The van der Waals surface area contributed by atoms with E-state index < -0.39 is 7.37 Å². The second kappa shape index (κ2) is 6.54. The Labute approximate surface area is 110 Å². The van der Waals surface area contributed by atoms with Crippen LogP contribution >= 0.6 is 7.37 Å². The van der Waals surface area contributed by atoms with Gasteiger partial charge in [0.1, 0.15) is 0 Å². The maximum Gasteiger partial charge on any atom is 0.235 e. The van der Waals surface area contributed by atoms with Gasteiger partial charge in [0.05, 0.1) is 6.61 Å². The molecule has 0 aromatic heterocycles. The van der Waals surface area contributed by atoms with Gasteiger partial charge in [0.15, 0.2) is 0 Å². The summed E-state index contributed by atoms with van der Waals surface area (Å²) in [7, 11) is -2.65. The monoisotopic (exact) mass is 266 g/mol. The van der Waals surface area contributed by atoms with E-state index in [1.54, 1.807) is 0 Å². The summed E-state index contributed by atoms with van der Waals surface area (Å²) in [6.07, 6.45) is 6.57. The summed E-state index contributed by atoms with van der Waals surface area (Å²) >= 11 is 0. The molecule has 1 atom stereocenters. The van der Waals surface area contributed by atoms with Gasteiger partial charge in [-0.1, -0.05) is 44.4 Å². The van der Waals surface area contributed by atoms with E-state index in [1.165, 1.54) is 12.8 Å². The lowest BCUT2D eigenvalue weighted by molar-refractivity contribution is 0.306. The number of hydrogen-bond acceptors (Lipinski definition) is 2. The fourth-order valence-electron chi connectivity index (χ4n) is 2.62. The molecule has 0 saturated heterocycles. The average Bonchev–Trinajstić information content (AvgIpc) is 2.94. The summed E-state index contributed by atoms with van der Waals surface area (Å²) < 4.78 is 19.2. The van der Waals surface area contributed by atoms with E-state index >= 15 is 0 Å². The third-order valence-electron chi connectivity index (χ3n) is 3.70. The van der Waals surface area contributed by atoms with Gasteiger partial charge in [-0.3, -0.25) is 4.57 Å². The van der Waals surface area contributed by atoms with Crippen molar-refractivity contribution >= 4 is 12.7 Å². The Morgan fingerprint density at radius 3 is 2.50 bits per heavy atom. The van der Waals surface area contributed by atoms with Gasteiger partial charge in [0.2, 0.25) is 7.37 Å². The van der Waals surface area contributed by atoms with Crippen molar-refractivity contribution in [3.63, 3.8) is 0 Å². The molecule has 1 aliphatic rings. The predicted octanol–water partition coefficient (Wildman–Crippen LogP) is 4.35. The number of unbranched alkanes of at least 4 members (excludes halogenated alkanes) is 1. The lowest BCUT2D eigenvalue weighted by atomic mass is 10.4. The first kappa shape index (κ1) is 13.8. The van der Waals surface area contributed by atoms with Crippen LogP contribution in [0.15, 0.2) is 30.3 Å². The maximum atomic E-state index is 13.3. The first-order valence-corrected chi connectivity index (χ1v) is 8.76. The molecule has 100 valence electrons. The molecule has 1 aliphatic carbocycles. The summed E-state index contributed by atoms with van der Waals surface area (Å²) in [5.74, 6) is 0. The molecule has 3 heteroatoms. The van der Waals surface area contributed by atoms with E-state index in [0.717, 1.165) is 31.0 Å². The second-order valence-electron chi connectivity index (χ2n) is 5.06. The van der Waals surface area contributed by atoms with Crippen molar-refractivity contribution < 1.29 is 9.09 Å². The smallest absolute Gasteiger partial charge is 0.235 e. The van der Waals surface area contributed by atoms with Gasteiger partial charge in [-0.15, -0.1) is 0 Å². The van der Waals surface area contributed by atoms with Crippen LogP contribution in [-0.2, 0) is 9.09 Å². The highest BCUT2D eigenvalue weighted by Gasteiger charge is 2.37. The van der Waals surface area contributed by atoms with Crippen molar-refractivity contribution in [2.45, 2.75) is 51.1 Å². The van der Waals surface area contributed by atoms with Gasteiger partial charge in [0.25, 0.3) is 0 Å². The molecular formula is C15H23O2P. The third-order valence-corrected chi connectivity index (χ3v) is 6.76. The lowest BCUT2D eigenvalue weighted by Crippen LogP contribution is -2.17. The van der Waals surface area contributed by atoms with Gasteiger partial charge in [-0.2, -0.15) is 0 Å². The molecule has 2 rings (SSSR count). The molecular weight excluding hydrogens is 243 g/mol. The molecule has 0 bridgehead atoms. The molecule has 0 radical (unpaired) electrons. The fraction of sp³-hybridized carbons (Fsp3) is 0.600. The van der Waals surface area contributed by atoms with Crippen molar-refractivity contribution in [3.05, 3.63) is 30.3 Å².